The van der Waals surface area contributed by atoms with E-state index in [0.29, 0.717) is 27.7 Å². The molecule has 1 radical (unpaired) electrons. The molecule has 8 rings (SSSR count). The second-order valence-corrected chi connectivity index (χ2v) is 16.3. The Bertz CT molecular complexity index is 2160. The molecule has 17 heteroatoms. The molecule has 2 unspecified atom stereocenters. The molecule has 0 amide bonds. The maximum Gasteiger partial charge on any atom is 0.169 e. The molecule has 0 spiro atoms. The minimum absolute atomic E-state index is 0. The first-order valence-electron chi connectivity index (χ1n) is 12.0. The second-order valence-electron chi connectivity index (χ2n) is 9.01. The standard InChI is InChI=1S/C24H16N8P8.Cu/c1-31-21-9(33)10(34)22(31)28-18-12-14(38-6-4-36-12)20(26-18)30-24-16-15(39-7-8-40-16)23(32(24)2)29-19-13-11(17(25-19)27-21)35-3-5-37-13;/h3-8,33-36H,1-2H3;. The first kappa shape index (κ1) is 28.2. The maximum atomic E-state index is 5.22. The van der Waals surface area contributed by atoms with Crippen LogP contribution in [0.2, 0.25) is 0 Å². The minimum atomic E-state index is 0. The Morgan fingerprint density at radius 2 is 1.05 bits per heavy atom. The van der Waals surface area contributed by atoms with Gasteiger partial charge in [-0.2, -0.15) is 0 Å². The van der Waals surface area contributed by atoms with Crippen LogP contribution < -0.4 is 0 Å². The zero-order chi connectivity index (χ0) is 27.1. The van der Waals surface area contributed by atoms with E-state index in [4.69, 9.17) is 29.9 Å². The van der Waals surface area contributed by atoms with Crippen molar-refractivity contribution in [1.29, 1.82) is 0 Å². The summed E-state index contributed by atoms with van der Waals surface area (Å²) in [5.74, 6) is 14.6. The fraction of sp³-hybridized carbons (Fsp3) is 0.0833. The third-order valence-corrected chi connectivity index (χ3v) is 15.4. The van der Waals surface area contributed by atoms with E-state index in [-0.39, 0.29) is 17.1 Å². The summed E-state index contributed by atoms with van der Waals surface area (Å²) in [5, 5.41) is 8.49. The van der Waals surface area contributed by atoms with Crippen LogP contribution >= 0.6 is 66.9 Å². The Balaban J connectivity index is 0.00000276. The molecule has 0 saturated carbocycles. The van der Waals surface area contributed by atoms with Gasteiger partial charge in [0.15, 0.2) is 22.6 Å². The Kier molecular flexibility index (Phi) is 7.49. The molecule has 203 valence electrons. The smallest absolute Gasteiger partial charge is 0.169 e. The zero-order valence-corrected chi connectivity index (χ0v) is 29.7. The van der Waals surface area contributed by atoms with E-state index in [2.05, 4.69) is 57.1 Å². The fourth-order valence-corrected chi connectivity index (χ4v) is 12.2. The fourth-order valence-electron chi connectivity index (χ4n) is 4.81. The van der Waals surface area contributed by atoms with Gasteiger partial charge in [-0.15, -0.1) is 34.1 Å². The summed E-state index contributed by atoms with van der Waals surface area (Å²) in [6.45, 7) is 0. The van der Waals surface area contributed by atoms with E-state index in [1.165, 1.54) is 0 Å². The van der Waals surface area contributed by atoms with Gasteiger partial charge in [0.25, 0.3) is 0 Å². The van der Waals surface area contributed by atoms with Gasteiger partial charge < -0.3 is 9.13 Å². The van der Waals surface area contributed by atoms with Gasteiger partial charge in [0.1, 0.15) is 22.9 Å². The largest absolute Gasteiger partial charge is 0.312 e. The van der Waals surface area contributed by atoms with E-state index < -0.39 is 0 Å². The van der Waals surface area contributed by atoms with Crippen molar-refractivity contribution in [3.8, 4) is 21.2 Å². The molecular weight excluding hydrogens is 712 g/mol. The number of hydrogen-bond acceptors (Lipinski definition) is 6. The molecular formula is C24H16CuN8P8. The van der Waals surface area contributed by atoms with Crippen molar-refractivity contribution in [1.82, 2.24) is 39.0 Å². The van der Waals surface area contributed by atoms with Gasteiger partial charge in [0, 0.05) is 31.2 Å². The first-order chi connectivity index (χ1) is 19.5. The van der Waals surface area contributed by atoms with Crippen LogP contribution in [0, 0.1) is 0 Å². The topological polar surface area (TPSA) is 87.2 Å². The van der Waals surface area contributed by atoms with Crippen LogP contribution in [-0.4, -0.2) is 49.6 Å². The van der Waals surface area contributed by atoms with Crippen molar-refractivity contribution in [2.45, 2.75) is 0 Å². The molecule has 8 bridgehead atoms. The maximum absolute atomic E-state index is 5.22. The van der Waals surface area contributed by atoms with Gasteiger partial charge in [0.05, 0.1) is 42.0 Å². The second kappa shape index (κ2) is 10.9. The SMILES string of the molecule is Cn1c2nc3nc(nc4c5pccpc5c(nc5nc(nc1C(=P)C2=P)c1[pH]ccpc5-1)n4C)c1pcc[pH]c3-1.[Cu]. The molecule has 0 fully saturated rings. The third kappa shape index (κ3) is 4.43. The van der Waals surface area contributed by atoms with Crippen LogP contribution in [0.4, 0.5) is 0 Å². The van der Waals surface area contributed by atoms with E-state index in [1.807, 2.05) is 18.7 Å². The van der Waals surface area contributed by atoms with E-state index in [0.717, 1.165) is 109 Å². The van der Waals surface area contributed by atoms with E-state index in [1.54, 1.807) is 0 Å². The van der Waals surface area contributed by atoms with Gasteiger partial charge in [-0.1, -0.05) is 32.8 Å². The van der Waals surface area contributed by atoms with Crippen LogP contribution in [0.1, 0.15) is 11.6 Å². The molecule has 8 nitrogen and oxygen atoms in total. The molecule has 3 aromatic rings. The van der Waals surface area contributed by atoms with Crippen molar-refractivity contribution >= 4 is 122 Å². The van der Waals surface area contributed by atoms with Crippen LogP contribution in [0.25, 0.3) is 65.3 Å². The number of rotatable bonds is 0. The summed E-state index contributed by atoms with van der Waals surface area (Å²) in [5.41, 5.74) is 4.62. The molecule has 3 aromatic heterocycles. The summed E-state index contributed by atoms with van der Waals surface area (Å²) in [6.07, 6.45) is 0. The number of hydrogen-bond donors (Lipinski definition) is 0. The van der Waals surface area contributed by atoms with Crippen molar-refractivity contribution in [3.63, 3.8) is 0 Å². The molecule has 0 N–H and O–H groups in total. The minimum Gasteiger partial charge on any atom is -0.312 e. The summed E-state index contributed by atoms with van der Waals surface area (Å²) in [4.78, 5) is 30.7. The molecule has 0 aliphatic carbocycles. The average molecular weight is 728 g/mol. The molecule has 5 aliphatic rings. The van der Waals surface area contributed by atoms with Gasteiger partial charge in [0.2, 0.25) is 0 Å². The molecule has 0 aromatic carbocycles. The van der Waals surface area contributed by atoms with Gasteiger partial charge in [-0.25, -0.2) is 29.9 Å². The number of nitrogens with zero attached hydrogens (tertiary/aromatic N) is 8. The van der Waals surface area contributed by atoms with Crippen LogP contribution in [0.3, 0.4) is 0 Å². The predicted molar refractivity (Wildman–Crippen MR) is 184 cm³/mol. The summed E-state index contributed by atoms with van der Waals surface area (Å²) in [6, 6.07) is 0. The van der Waals surface area contributed by atoms with Crippen LogP contribution in [-0.2, 0) is 31.2 Å². The van der Waals surface area contributed by atoms with Gasteiger partial charge in [-0.3, -0.25) is 0 Å². The number of aryl methyl sites for hydroxylation is 1. The van der Waals surface area contributed by atoms with Gasteiger partial charge in [-0.05, 0) is 34.8 Å². The summed E-state index contributed by atoms with van der Waals surface area (Å²) < 4.78 is 4.08. The molecule has 8 heterocycles. The zero-order valence-electron chi connectivity index (χ0n) is 21.1. The number of aromatic nitrogens is 8. The van der Waals surface area contributed by atoms with Crippen LogP contribution in [0.15, 0.2) is 34.8 Å². The van der Waals surface area contributed by atoms with Crippen LogP contribution in [0.5, 0.6) is 0 Å². The van der Waals surface area contributed by atoms with Gasteiger partial charge >= 0.3 is 0 Å². The summed E-state index contributed by atoms with van der Waals surface area (Å²) in [7, 11) is 17.0. The average Bonchev–Trinajstić information content (AvgIpc) is 3.64. The molecule has 5 aliphatic heterocycles. The Labute approximate surface area is 258 Å². The normalized spacial score (nSPS) is 13.7. The Hall–Kier alpha value is -1.54. The predicted octanol–water partition coefficient (Wildman–Crippen LogP) is 8.53. The molecule has 2 atom stereocenters. The monoisotopic (exact) mass is 727 g/mol. The summed E-state index contributed by atoms with van der Waals surface area (Å²) >= 11 is 0. The van der Waals surface area contributed by atoms with E-state index in [9.17, 15) is 0 Å². The van der Waals surface area contributed by atoms with Crippen molar-refractivity contribution in [3.05, 3.63) is 46.4 Å². The molecule has 41 heavy (non-hydrogen) atoms. The van der Waals surface area contributed by atoms with E-state index >= 15 is 0 Å². The van der Waals surface area contributed by atoms with Crippen molar-refractivity contribution in [2.24, 2.45) is 14.1 Å². The first-order valence-corrected chi connectivity index (χ1v) is 19.0. The van der Waals surface area contributed by atoms with Crippen molar-refractivity contribution in [2.75, 3.05) is 0 Å². The number of fused-ring (bicyclic) bond motifs is 17. The van der Waals surface area contributed by atoms with Crippen molar-refractivity contribution < 1.29 is 17.1 Å². The Morgan fingerprint density at radius 3 is 1.51 bits per heavy atom. The Morgan fingerprint density at radius 1 is 0.585 bits per heavy atom. The third-order valence-electron chi connectivity index (χ3n) is 6.72. The molecule has 0 saturated heterocycles. The quantitative estimate of drug-likeness (QED) is 0.115.